The number of ether oxygens (including phenoxy) is 1. The molecule has 0 bridgehead atoms. The second-order valence-electron chi connectivity index (χ2n) is 3.68. The summed E-state index contributed by atoms with van der Waals surface area (Å²) in [6.07, 6.45) is 2.54. The Bertz CT molecular complexity index is 392. The summed E-state index contributed by atoms with van der Waals surface area (Å²) < 4.78 is 6.94. The van der Waals surface area contributed by atoms with Crippen molar-refractivity contribution in [2.75, 3.05) is 13.2 Å². The first-order valence-electron chi connectivity index (χ1n) is 4.82. The molecule has 0 radical (unpaired) electrons. The van der Waals surface area contributed by atoms with E-state index in [9.17, 15) is 4.79 Å². The highest BCUT2D eigenvalue weighted by atomic mass is 16.5. The van der Waals surface area contributed by atoms with Crippen molar-refractivity contribution in [2.24, 2.45) is 0 Å². The van der Waals surface area contributed by atoms with Crippen LogP contribution in [-0.2, 0) is 4.74 Å². The summed E-state index contributed by atoms with van der Waals surface area (Å²) in [6.45, 7) is 5.04. The standard InChI is InChI=1S/C10H14N2O2/c1-7-8(2)11-6-12(10(7)13)9-3-4-14-5-9/h6,9H,3-5H2,1-2H3. The molecule has 0 amide bonds. The fourth-order valence-electron chi connectivity index (χ4n) is 1.65. The van der Waals surface area contributed by atoms with Gasteiger partial charge in [-0.3, -0.25) is 9.36 Å². The van der Waals surface area contributed by atoms with Crippen LogP contribution in [0, 0.1) is 13.8 Å². The molecule has 0 spiro atoms. The average Bonchev–Trinajstić information content (AvgIpc) is 2.67. The van der Waals surface area contributed by atoms with Gasteiger partial charge in [-0.1, -0.05) is 0 Å². The van der Waals surface area contributed by atoms with Crippen molar-refractivity contribution in [2.45, 2.75) is 26.3 Å². The molecule has 1 atom stereocenters. The van der Waals surface area contributed by atoms with Gasteiger partial charge < -0.3 is 4.74 Å². The SMILES string of the molecule is Cc1ncn(C2CCOC2)c(=O)c1C. The molecule has 4 nitrogen and oxygen atoms in total. The third-order valence-electron chi connectivity index (χ3n) is 2.77. The van der Waals surface area contributed by atoms with Gasteiger partial charge in [0.15, 0.2) is 0 Å². The van der Waals surface area contributed by atoms with Gasteiger partial charge in [0.25, 0.3) is 5.56 Å². The van der Waals surface area contributed by atoms with E-state index < -0.39 is 0 Å². The molecule has 4 heteroatoms. The maximum atomic E-state index is 11.8. The van der Waals surface area contributed by atoms with Crippen LogP contribution in [0.5, 0.6) is 0 Å². The summed E-state index contributed by atoms with van der Waals surface area (Å²) in [5, 5.41) is 0. The Labute approximate surface area is 82.5 Å². The molecule has 1 aliphatic rings. The number of rotatable bonds is 1. The Kier molecular flexibility index (Phi) is 2.37. The maximum absolute atomic E-state index is 11.8. The van der Waals surface area contributed by atoms with E-state index in [4.69, 9.17) is 4.74 Å². The van der Waals surface area contributed by atoms with Crippen LogP contribution in [-0.4, -0.2) is 22.8 Å². The van der Waals surface area contributed by atoms with E-state index in [1.807, 2.05) is 13.8 Å². The van der Waals surface area contributed by atoms with Crippen molar-refractivity contribution in [1.29, 1.82) is 0 Å². The number of aromatic nitrogens is 2. The lowest BCUT2D eigenvalue weighted by Crippen LogP contribution is -2.27. The molecule has 2 heterocycles. The fraction of sp³-hybridized carbons (Fsp3) is 0.600. The molecular formula is C10H14N2O2. The van der Waals surface area contributed by atoms with E-state index in [1.54, 1.807) is 10.9 Å². The van der Waals surface area contributed by atoms with Crippen LogP contribution in [0.25, 0.3) is 0 Å². The van der Waals surface area contributed by atoms with E-state index in [2.05, 4.69) is 4.98 Å². The zero-order valence-corrected chi connectivity index (χ0v) is 8.49. The summed E-state index contributed by atoms with van der Waals surface area (Å²) in [5.41, 5.74) is 1.61. The number of nitrogens with zero attached hydrogens (tertiary/aromatic N) is 2. The van der Waals surface area contributed by atoms with Crippen molar-refractivity contribution < 1.29 is 4.74 Å². The number of hydrogen-bond donors (Lipinski definition) is 0. The molecule has 0 aliphatic carbocycles. The molecule has 1 aromatic rings. The van der Waals surface area contributed by atoms with Crippen LogP contribution in [0.4, 0.5) is 0 Å². The van der Waals surface area contributed by atoms with Crippen LogP contribution in [0.3, 0.4) is 0 Å². The van der Waals surface area contributed by atoms with E-state index in [1.165, 1.54) is 0 Å². The summed E-state index contributed by atoms with van der Waals surface area (Å²) >= 11 is 0. The Hall–Kier alpha value is -1.16. The van der Waals surface area contributed by atoms with Crippen molar-refractivity contribution in [3.05, 3.63) is 27.9 Å². The van der Waals surface area contributed by atoms with Crippen LogP contribution in [0.1, 0.15) is 23.7 Å². The van der Waals surface area contributed by atoms with E-state index in [0.717, 1.165) is 24.3 Å². The molecule has 1 fully saturated rings. The second kappa shape index (κ2) is 3.53. The van der Waals surface area contributed by atoms with Gasteiger partial charge in [0.2, 0.25) is 0 Å². The Morgan fingerprint density at radius 3 is 3.00 bits per heavy atom. The predicted octanol–water partition coefficient (Wildman–Crippen LogP) is 0.822. The van der Waals surface area contributed by atoms with Crippen LogP contribution in [0.2, 0.25) is 0 Å². The van der Waals surface area contributed by atoms with Gasteiger partial charge in [-0.25, -0.2) is 4.98 Å². The van der Waals surface area contributed by atoms with Crippen LogP contribution in [0.15, 0.2) is 11.1 Å². The molecule has 0 N–H and O–H groups in total. The zero-order chi connectivity index (χ0) is 10.1. The van der Waals surface area contributed by atoms with Crippen LogP contribution < -0.4 is 5.56 Å². The molecule has 1 aromatic heterocycles. The third kappa shape index (κ3) is 1.46. The van der Waals surface area contributed by atoms with E-state index in [-0.39, 0.29) is 11.6 Å². The van der Waals surface area contributed by atoms with Gasteiger partial charge in [0, 0.05) is 17.9 Å². The Morgan fingerprint density at radius 1 is 1.57 bits per heavy atom. The molecule has 1 unspecified atom stereocenters. The third-order valence-corrected chi connectivity index (χ3v) is 2.77. The van der Waals surface area contributed by atoms with Crippen LogP contribution >= 0.6 is 0 Å². The summed E-state index contributed by atoms with van der Waals surface area (Å²) in [6, 6.07) is 0.175. The van der Waals surface area contributed by atoms with E-state index in [0.29, 0.717) is 6.61 Å². The van der Waals surface area contributed by atoms with Gasteiger partial charge in [-0.15, -0.1) is 0 Å². The minimum atomic E-state index is 0.0630. The lowest BCUT2D eigenvalue weighted by molar-refractivity contribution is 0.185. The summed E-state index contributed by atoms with van der Waals surface area (Å²) in [5.74, 6) is 0. The normalized spacial score (nSPS) is 21.4. The second-order valence-corrected chi connectivity index (χ2v) is 3.68. The Balaban J connectivity index is 2.44. The minimum absolute atomic E-state index is 0.0630. The first-order chi connectivity index (χ1) is 6.70. The highest BCUT2D eigenvalue weighted by Gasteiger charge is 2.19. The summed E-state index contributed by atoms with van der Waals surface area (Å²) in [4.78, 5) is 16.0. The molecule has 76 valence electrons. The molecular weight excluding hydrogens is 180 g/mol. The van der Waals surface area contributed by atoms with Crippen molar-refractivity contribution in [3.63, 3.8) is 0 Å². The quantitative estimate of drug-likeness (QED) is 0.665. The predicted molar refractivity (Wildman–Crippen MR) is 52.4 cm³/mol. The van der Waals surface area contributed by atoms with Gasteiger partial charge in [-0.05, 0) is 20.3 Å². The number of aryl methyl sites for hydroxylation is 1. The molecule has 14 heavy (non-hydrogen) atoms. The fourth-order valence-corrected chi connectivity index (χ4v) is 1.65. The van der Waals surface area contributed by atoms with Gasteiger partial charge in [0.1, 0.15) is 0 Å². The molecule has 0 saturated carbocycles. The monoisotopic (exact) mass is 194 g/mol. The molecule has 0 aromatic carbocycles. The first kappa shape index (κ1) is 9.40. The highest BCUT2D eigenvalue weighted by molar-refractivity contribution is 5.13. The Morgan fingerprint density at radius 2 is 2.36 bits per heavy atom. The summed E-state index contributed by atoms with van der Waals surface area (Å²) in [7, 11) is 0. The maximum Gasteiger partial charge on any atom is 0.256 e. The topological polar surface area (TPSA) is 44.1 Å². The van der Waals surface area contributed by atoms with E-state index >= 15 is 0 Å². The molecule has 1 aliphatic heterocycles. The van der Waals surface area contributed by atoms with Crippen molar-refractivity contribution in [3.8, 4) is 0 Å². The van der Waals surface area contributed by atoms with Gasteiger partial charge in [0.05, 0.1) is 19.0 Å². The van der Waals surface area contributed by atoms with Crippen molar-refractivity contribution in [1.82, 2.24) is 9.55 Å². The average molecular weight is 194 g/mol. The van der Waals surface area contributed by atoms with Gasteiger partial charge >= 0.3 is 0 Å². The minimum Gasteiger partial charge on any atom is -0.379 e. The largest absolute Gasteiger partial charge is 0.379 e. The lowest BCUT2D eigenvalue weighted by atomic mass is 10.2. The highest BCUT2D eigenvalue weighted by Crippen LogP contribution is 2.16. The molecule has 2 rings (SSSR count). The van der Waals surface area contributed by atoms with Gasteiger partial charge in [-0.2, -0.15) is 0 Å². The first-order valence-corrected chi connectivity index (χ1v) is 4.82. The van der Waals surface area contributed by atoms with Crippen molar-refractivity contribution >= 4 is 0 Å². The number of hydrogen-bond acceptors (Lipinski definition) is 3. The molecule has 1 saturated heterocycles. The zero-order valence-electron chi connectivity index (χ0n) is 8.49. The smallest absolute Gasteiger partial charge is 0.256 e. The lowest BCUT2D eigenvalue weighted by Gasteiger charge is -2.12.